The van der Waals surface area contributed by atoms with E-state index in [0.717, 1.165) is 23.4 Å². The van der Waals surface area contributed by atoms with E-state index in [1.807, 2.05) is 31.2 Å². The van der Waals surface area contributed by atoms with Crippen LogP contribution in [0, 0.1) is 13.8 Å². The van der Waals surface area contributed by atoms with E-state index < -0.39 is 11.7 Å². The van der Waals surface area contributed by atoms with Crippen LogP contribution in [0.5, 0.6) is 0 Å². The quantitative estimate of drug-likeness (QED) is 0.425. The van der Waals surface area contributed by atoms with Crippen molar-refractivity contribution in [1.29, 1.82) is 0 Å². The molecule has 0 unspecified atom stereocenters. The predicted molar refractivity (Wildman–Crippen MR) is 125 cm³/mol. The number of hydrogen-bond acceptors (Lipinski definition) is 4. The minimum Gasteiger partial charge on any atom is -0.352 e. The average Bonchev–Trinajstić information content (AvgIpc) is 3.27. The molecule has 182 valence electrons. The number of nitrogens with zero attached hydrogens (tertiary/aromatic N) is 4. The topological polar surface area (TPSA) is 81.8 Å². The molecule has 0 aliphatic carbocycles. The van der Waals surface area contributed by atoms with Crippen molar-refractivity contribution in [3.8, 4) is 5.69 Å². The zero-order valence-corrected chi connectivity index (χ0v) is 19.3. The maximum atomic E-state index is 12.9. The highest BCUT2D eigenvalue weighted by Crippen LogP contribution is 2.29. The number of aromatic nitrogens is 4. The standard InChI is InChI=1S/C25H24F3N5O2/c1-16-5-11-20(12-6-16)33-15-21-17(2)30-32(24(35)23(21)31-33)13-3-4-22(34)29-14-18-7-9-19(10-8-18)25(26,27)28/h5-12,15H,3-4,13-14H2,1-2H3,(H,29,34). The number of hydrogen-bond donors (Lipinski definition) is 1. The first kappa shape index (κ1) is 24.2. The van der Waals surface area contributed by atoms with Gasteiger partial charge in [0.2, 0.25) is 5.91 Å². The van der Waals surface area contributed by atoms with Gasteiger partial charge in [0.15, 0.2) is 5.52 Å². The molecule has 35 heavy (non-hydrogen) atoms. The molecule has 0 radical (unpaired) electrons. The van der Waals surface area contributed by atoms with Crippen LogP contribution in [0.3, 0.4) is 0 Å². The second-order valence-electron chi connectivity index (χ2n) is 8.36. The minimum absolute atomic E-state index is 0.122. The van der Waals surface area contributed by atoms with Crippen LogP contribution in [-0.2, 0) is 24.1 Å². The Morgan fingerprint density at radius 2 is 1.69 bits per heavy atom. The van der Waals surface area contributed by atoms with E-state index in [0.29, 0.717) is 28.6 Å². The lowest BCUT2D eigenvalue weighted by Gasteiger charge is -2.09. The molecule has 0 spiro atoms. The van der Waals surface area contributed by atoms with Crippen molar-refractivity contribution in [1.82, 2.24) is 24.9 Å². The molecule has 0 aliphatic heterocycles. The summed E-state index contributed by atoms with van der Waals surface area (Å²) in [5.74, 6) is -0.264. The first-order chi connectivity index (χ1) is 16.6. The predicted octanol–water partition coefficient (Wildman–Crippen LogP) is 4.31. The number of nitrogens with one attached hydrogen (secondary N) is 1. The van der Waals surface area contributed by atoms with Gasteiger partial charge >= 0.3 is 6.18 Å². The van der Waals surface area contributed by atoms with E-state index >= 15 is 0 Å². The van der Waals surface area contributed by atoms with Gasteiger partial charge in [-0.25, -0.2) is 9.36 Å². The van der Waals surface area contributed by atoms with Crippen LogP contribution in [0.1, 0.15) is 35.2 Å². The molecule has 1 amide bonds. The van der Waals surface area contributed by atoms with Gasteiger partial charge in [0, 0.05) is 31.1 Å². The van der Waals surface area contributed by atoms with Crippen molar-refractivity contribution in [2.75, 3.05) is 0 Å². The summed E-state index contributed by atoms with van der Waals surface area (Å²) >= 11 is 0. The van der Waals surface area contributed by atoms with Crippen LogP contribution in [0.4, 0.5) is 13.2 Å². The van der Waals surface area contributed by atoms with Crippen molar-refractivity contribution in [3.05, 3.63) is 87.5 Å². The number of rotatable bonds is 7. The fraction of sp³-hybridized carbons (Fsp3) is 0.280. The summed E-state index contributed by atoms with van der Waals surface area (Å²) in [5.41, 5.74) is 2.42. The summed E-state index contributed by atoms with van der Waals surface area (Å²) in [6.45, 7) is 4.15. The SMILES string of the molecule is Cc1ccc(-n2cc3c(C)nn(CCCC(=O)NCc4ccc(C(F)(F)F)cc4)c(=O)c3n2)cc1. The Balaban J connectivity index is 1.36. The van der Waals surface area contributed by atoms with Gasteiger partial charge in [0.25, 0.3) is 5.56 Å². The highest BCUT2D eigenvalue weighted by atomic mass is 19.4. The number of benzene rings is 2. The van der Waals surface area contributed by atoms with Crippen molar-refractivity contribution in [2.45, 2.75) is 46.0 Å². The summed E-state index contributed by atoms with van der Waals surface area (Å²) in [6, 6.07) is 12.4. The Labute approximate surface area is 199 Å². The van der Waals surface area contributed by atoms with Crippen LogP contribution in [0.15, 0.2) is 59.5 Å². The first-order valence-corrected chi connectivity index (χ1v) is 11.1. The summed E-state index contributed by atoms with van der Waals surface area (Å²) < 4.78 is 40.9. The fourth-order valence-electron chi connectivity index (χ4n) is 3.67. The minimum atomic E-state index is -4.39. The van der Waals surface area contributed by atoms with E-state index in [9.17, 15) is 22.8 Å². The average molecular weight is 483 g/mol. The maximum Gasteiger partial charge on any atom is 0.416 e. The summed E-state index contributed by atoms with van der Waals surface area (Å²) in [7, 11) is 0. The maximum absolute atomic E-state index is 12.9. The Morgan fingerprint density at radius 1 is 1.00 bits per heavy atom. The number of aryl methyl sites for hydroxylation is 3. The molecule has 0 atom stereocenters. The molecule has 2 aromatic carbocycles. The van der Waals surface area contributed by atoms with Crippen molar-refractivity contribution < 1.29 is 18.0 Å². The normalized spacial score (nSPS) is 11.7. The Hall–Kier alpha value is -3.95. The molecular weight excluding hydrogens is 459 g/mol. The lowest BCUT2D eigenvalue weighted by molar-refractivity contribution is -0.137. The van der Waals surface area contributed by atoms with E-state index in [1.165, 1.54) is 16.8 Å². The molecule has 0 saturated carbocycles. The first-order valence-electron chi connectivity index (χ1n) is 11.1. The lowest BCUT2D eigenvalue weighted by atomic mass is 10.1. The molecule has 4 rings (SSSR count). The largest absolute Gasteiger partial charge is 0.416 e. The molecule has 2 heterocycles. The van der Waals surface area contributed by atoms with Crippen LogP contribution >= 0.6 is 0 Å². The Bertz CT molecular complexity index is 1400. The second kappa shape index (κ2) is 9.73. The molecular formula is C25H24F3N5O2. The monoisotopic (exact) mass is 483 g/mol. The zero-order valence-electron chi connectivity index (χ0n) is 19.3. The van der Waals surface area contributed by atoms with Crippen LogP contribution < -0.4 is 10.9 Å². The number of halogens is 3. The summed E-state index contributed by atoms with van der Waals surface area (Å²) in [5, 5.41) is 12.2. The Morgan fingerprint density at radius 3 is 2.34 bits per heavy atom. The number of carbonyl (C=O) groups excluding carboxylic acids is 1. The number of carbonyl (C=O) groups is 1. The van der Waals surface area contributed by atoms with Gasteiger partial charge in [0.05, 0.1) is 16.9 Å². The van der Waals surface area contributed by atoms with Crippen molar-refractivity contribution in [3.63, 3.8) is 0 Å². The zero-order chi connectivity index (χ0) is 25.2. The molecule has 0 aliphatic rings. The summed E-state index contributed by atoms with van der Waals surface area (Å²) in [6.07, 6.45) is -2.10. The van der Waals surface area contributed by atoms with E-state index in [1.54, 1.807) is 17.8 Å². The third-order valence-corrected chi connectivity index (χ3v) is 5.65. The van der Waals surface area contributed by atoms with Gasteiger partial charge in [-0.05, 0) is 50.1 Å². The van der Waals surface area contributed by atoms with E-state index in [-0.39, 0.29) is 31.0 Å². The fourth-order valence-corrected chi connectivity index (χ4v) is 3.67. The van der Waals surface area contributed by atoms with Crippen LogP contribution in [0.2, 0.25) is 0 Å². The third kappa shape index (κ3) is 5.59. The van der Waals surface area contributed by atoms with E-state index in [2.05, 4.69) is 15.5 Å². The number of amides is 1. The van der Waals surface area contributed by atoms with Gasteiger partial charge in [-0.2, -0.15) is 23.4 Å². The molecule has 10 heteroatoms. The highest BCUT2D eigenvalue weighted by molar-refractivity contribution is 5.79. The lowest BCUT2D eigenvalue weighted by Crippen LogP contribution is -2.26. The molecule has 0 bridgehead atoms. The van der Waals surface area contributed by atoms with Crippen molar-refractivity contribution >= 4 is 16.8 Å². The molecule has 1 N–H and O–H groups in total. The van der Waals surface area contributed by atoms with Gasteiger partial charge in [-0.1, -0.05) is 29.8 Å². The van der Waals surface area contributed by atoms with Crippen LogP contribution in [0.25, 0.3) is 16.6 Å². The Kier molecular flexibility index (Phi) is 6.72. The molecule has 7 nitrogen and oxygen atoms in total. The summed E-state index contributed by atoms with van der Waals surface area (Å²) in [4.78, 5) is 25.1. The van der Waals surface area contributed by atoms with E-state index in [4.69, 9.17) is 0 Å². The van der Waals surface area contributed by atoms with Gasteiger partial charge < -0.3 is 5.32 Å². The molecule has 0 fully saturated rings. The molecule has 2 aromatic heterocycles. The molecule has 0 saturated heterocycles. The highest BCUT2D eigenvalue weighted by Gasteiger charge is 2.29. The number of fused-ring (bicyclic) bond motifs is 1. The smallest absolute Gasteiger partial charge is 0.352 e. The van der Waals surface area contributed by atoms with Gasteiger partial charge in [-0.3, -0.25) is 9.59 Å². The molecule has 4 aromatic rings. The second-order valence-corrected chi connectivity index (χ2v) is 8.36. The van der Waals surface area contributed by atoms with Crippen LogP contribution in [-0.4, -0.2) is 25.5 Å². The number of alkyl halides is 3. The van der Waals surface area contributed by atoms with Gasteiger partial charge in [0.1, 0.15) is 0 Å². The van der Waals surface area contributed by atoms with Crippen molar-refractivity contribution in [2.24, 2.45) is 0 Å². The van der Waals surface area contributed by atoms with Gasteiger partial charge in [-0.15, -0.1) is 0 Å². The third-order valence-electron chi connectivity index (χ3n) is 5.65.